The van der Waals surface area contributed by atoms with Crippen LogP contribution >= 0.6 is 0 Å². The summed E-state index contributed by atoms with van der Waals surface area (Å²) in [5, 5.41) is 0. The highest BCUT2D eigenvalue weighted by Gasteiger charge is 2.71. The van der Waals surface area contributed by atoms with E-state index >= 15 is 0 Å². The highest BCUT2D eigenvalue weighted by atomic mass is 14.8. The zero-order valence-electron chi connectivity index (χ0n) is 12.7. The van der Waals surface area contributed by atoms with Crippen molar-refractivity contribution in [2.75, 3.05) is 0 Å². The van der Waals surface area contributed by atoms with E-state index in [1.54, 1.807) is 5.56 Å². The molecule has 4 rings (SSSR count). The third kappa shape index (κ3) is 1.73. The predicted octanol–water partition coefficient (Wildman–Crippen LogP) is 5.15. The van der Waals surface area contributed by atoms with E-state index in [1.165, 1.54) is 18.4 Å². The Balaban J connectivity index is 1.72. The summed E-state index contributed by atoms with van der Waals surface area (Å²) in [5.41, 5.74) is 4.71. The minimum absolute atomic E-state index is 0.247. The number of hydrogen-bond donors (Lipinski definition) is 0. The minimum atomic E-state index is 0.247. The molecule has 2 aliphatic rings. The molecular formula is C20H21N. The smallest absolute Gasteiger partial charge is 0.0625 e. The fourth-order valence-electron chi connectivity index (χ4n) is 4.41. The average molecular weight is 275 g/mol. The predicted molar refractivity (Wildman–Crippen MR) is 88.3 cm³/mol. The molecule has 2 unspecified atom stereocenters. The first kappa shape index (κ1) is 12.8. The van der Waals surface area contributed by atoms with E-state index in [0.29, 0.717) is 11.3 Å². The van der Waals surface area contributed by atoms with Gasteiger partial charge in [0, 0.05) is 17.5 Å². The number of nitrogens with zero attached hydrogens (tertiary/aromatic N) is 1. The van der Waals surface area contributed by atoms with Crippen molar-refractivity contribution in [2.24, 2.45) is 15.8 Å². The molecule has 21 heavy (non-hydrogen) atoms. The summed E-state index contributed by atoms with van der Waals surface area (Å²) in [6, 6.07) is 19.3. The third-order valence-corrected chi connectivity index (χ3v) is 5.73. The lowest BCUT2D eigenvalue weighted by molar-refractivity contribution is 0.471. The number of para-hydroxylation sites is 1. The van der Waals surface area contributed by atoms with Gasteiger partial charge < -0.3 is 0 Å². The number of benzene rings is 2. The average Bonchev–Trinajstić information content (AvgIpc) is 3.03. The Hall–Kier alpha value is -1.89. The van der Waals surface area contributed by atoms with Crippen molar-refractivity contribution in [3.63, 3.8) is 0 Å². The molecule has 0 radical (unpaired) electrons. The fourth-order valence-corrected chi connectivity index (χ4v) is 4.41. The molecule has 1 fully saturated rings. The highest BCUT2D eigenvalue weighted by Crippen LogP contribution is 2.77. The monoisotopic (exact) mass is 275 g/mol. The standard InChI is InChI=1S/C20H21N/c1-19(2)18-17-11-7-6-8-15(17)12-13-20(18,19)14-21-16-9-4-3-5-10-16/h3-11,14,18H,12-13H2,1-2H3. The Kier molecular flexibility index (Phi) is 2.63. The van der Waals surface area contributed by atoms with E-state index in [1.807, 2.05) is 6.07 Å². The van der Waals surface area contributed by atoms with Crippen LogP contribution in [0.25, 0.3) is 0 Å². The van der Waals surface area contributed by atoms with Gasteiger partial charge in [0.25, 0.3) is 0 Å². The molecule has 1 saturated carbocycles. The quantitative estimate of drug-likeness (QED) is 0.672. The maximum Gasteiger partial charge on any atom is 0.0625 e. The molecule has 0 saturated heterocycles. The first-order valence-electron chi connectivity index (χ1n) is 7.83. The molecule has 2 aromatic carbocycles. The van der Waals surface area contributed by atoms with E-state index in [4.69, 9.17) is 4.99 Å². The molecule has 1 heteroatoms. The van der Waals surface area contributed by atoms with Gasteiger partial charge >= 0.3 is 0 Å². The van der Waals surface area contributed by atoms with Crippen molar-refractivity contribution in [2.45, 2.75) is 32.6 Å². The molecule has 0 bridgehead atoms. The molecule has 1 nitrogen and oxygen atoms in total. The number of rotatable bonds is 2. The van der Waals surface area contributed by atoms with Crippen molar-refractivity contribution in [1.82, 2.24) is 0 Å². The molecule has 0 heterocycles. The van der Waals surface area contributed by atoms with Crippen LogP contribution in [0.5, 0.6) is 0 Å². The second-order valence-corrected chi connectivity index (χ2v) is 6.99. The summed E-state index contributed by atoms with van der Waals surface area (Å²) in [7, 11) is 0. The van der Waals surface area contributed by atoms with Crippen molar-refractivity contribution in [3.8, 4) is 0 Å². The van der Waals surface area contributed by atoms with E-state index in [-0.39, 0.29) is 5.41 Å². The van der Waals surface area contributed by atoms with Crippen LogP contribution in [0.1, 0.15) is 37.3 Å². The fraction of sp³-hybridized carbons (Fsp3) is 0.350. The lowest BCUT2D eigenvalue weighted by Gasteiger charge is -2.21. The largest absolute Gasteiger partial charge is 0.261 e. The van der Waals surface area contributed by atoms with Gasteiger partial charge in [-0.2, -0.15) is 0 Å². The van der Waals surface area contributed by atoms with Crippen LogP contribution in [0.3, 0.4) is 0 Å². The van der Waals surface area contributed by atoms with Crippen LogP contribution < -0.4 is 0 Å². The molecule has 0 amide bonds. The van der Waals surface area contributed by atoms with E-state index in [0.717, 1.165) is 5.69 Å². The van der Waals surface area contributed by atoms with E-state index in [2.05, 4.69) is 68.6 Å². The minimum Gasteiger partial charge on any atom is -0.261 e. The maximum absolute atomic E-state index is 4.79. The van der Waals surface area contributed by atoms with Crippen LogP contribution in [-0.2, 0) is 6.42 Å². The van der Waals surface area contributed by atoms with Gasteiger partial charge in [0.2, 0.25) is 0 Å². The van der Waals surface area contributed by atoms with Crippen molar-refractivity contribution < 1.29 is 0 Å². The zero-order chi connectivity index (χ0) is 14.5. The lowest BCUT2D eigenvalue weighted by atomic mass is 9.84. The number of fused-ring (bicyclic) bond motifs is 3. The Morgan fingerprint density at radius 3 is 2.52 bits per heavy atom. The van der Waals surface area contributed by atoms with E-state index in [9.17, 15) is 0 Å². The summed E-state index contributed by atoms with van der Waals surface area (Å²) in [6.45, 7) is 4.80. The van der Waals surface area contributed by atoms with Gasteiger partial charge in [0.15, 0.2) is 0 Å². The summed E-state index contributed by atoms with van der Waals surface area (Å²) in [4.78, 5) is 4.79. The maximum atomic E-state index is 4.79. The lowest BCUT2D eigenvalue weighted by Crippen LogP contribution is -2.15. The summed E-state index contributed by atoms with van der Waals surface area (Å²) < 4.78 is 0. The first-order valence-corrected chi connectivity index (χ1v) is 7.83. The van der Waals surface area contributed by atoms with Crippen LogP contribution in [0.15, 0.2) is 59.6 Å². The van der Waals surface area contributed by atoms with Crippen LogP contribution in [0.4, 0.5) is 5.69 Å². The second kappa shape index (κ2) is 4.30. The van der Waals surface area contributed by atoms with Gasteiger partial charge in [-0.1, -0.05) is 56.3 Å². The molecule has 0 aromatic heterocycles. The molecule has 0 N–H and O–H groups in total. The second-order valence-electron chi connectivity index (χ2n) is 6.99. The molecule has 2 aromatic rings. The molecule has 106 valence electrons. The van der Waals surface area contributed by atoms with Gasteiger partial charge in [-0.15, -0.1) is 0 Å². The van der Waals surface area contributed by atoms with Gasteiger partial charge in [-0.3, -0.25) is 4.99 Å². The summed E-state index contributed by atoms with van der Waals surface area (Å²) >= 11 is 0. The SMILES string of the molecule is CC1(C)C2c3ccccc3CCC21C=Nc1ccccc1. The van der Waals surface area contributed by atoms with Gasteiger partial charge in [-0.25, -0.2) is 0 Å². The van der Waals surface area contributed by atoms with Crippen LogP contribution in [0, 0.1) is 10.8 Å². The normalized spacial score (nSPS) is 29.0. The highest BCUT2D eigenvalue weighted by molar-refractivity contribution is 5.79. The number of aliphatic imine (C=N–C) groups is 1. The first-order chi connectivity index (χ1) is 10.2. The Morgan fingerprint density at radius 1 is 1.00 bits per heavy atom. The van der Waals surface area contributed by atoms with Crippen LogP contribution in [0.2, 0.25) is 0 Å². The number of hydrogen-bond acceptors (Lipinski definition) is 1. The number of aryl methyl sites for hydroxylation is 1. The van der Waals surface area contributed by atoms with Crippen molar-refractivity contribution >= 4 is 11.9 Å². The van der Waals surface area contributed by atoms with Crippen LogP contribution in [-0.4, -0.2) is 6.21 Å². The summed E-state index contributed by atoms with van der Waals surface area (Å²) in [5.74, 6) is 0.627. The van der Waals surface area contributed by atoms with Gasteiger partial charge in [0.05, 0.1) is 5.69 Å². The van der Waals surface area contributed by atoms with E-state index < -0.39 is 0 Å². The van der Waals surface area contributed by atoms with Crippen molar-refractivity contribution in [1.29, 1.82) is 0 Å². The molecule has 2 aliphatic carbocycles. The molecule has 0 spiro atoms. The topological polar surface area (TPSA) is 12.4 Å². The molecular weight excluding hydrogens is 254 g/mol. The van der Waals surface area contributed by atoms with Gasteiger partial charge in [-0.05, 0) is 41.5 Å². The molecule has 2 atom stereocenters. The Bertz CT molecular complexity index is 699. The Morgan fingerprint density at radius 2 is 1.71 bits per heavy atom. The third-order valence-electron chi connectivity index (χ3n) is 5.73. The summed E-state index contributed by atoms with van der Waals surface area (Å²) in [6.07, 6.45) is 4.65. The van der Waals surface area contributed by atoms with Crippen molar-refractivity contribution in [3.05, 3.63) is 65.7 Å². The van der Waals surface area contributed by atoms with Gasteiger partial charge in [0.1, 0.15) is 0 Å². The zero-order valence-corrected chi connectivity index (χ0v) is 12.7. The molecule has 0 aliphatic heterocycles. The Labute approximate surface area is 126 Å².